The Bertz CT molecular complexity index is 598. The van der Waals surface area contributed by atoms with E-state index in [0.717, 1.165) is 5.56 Å². The average Bonchev–Trinajstić information content (AvgIpc) is 2.34. The molecular formula is C17H22N2O3. The third kappa shape index (κ3) is 3.58. The van der Waals surface area contributed by atoms with Crippen LogP contribution in [0.4, 0.5) is 10.5 Å². The van der Waals surface area contributed by atoms with E-state index in [1.54, 1.807) is 39.8 Å². The minimum atomic E-state index is -0.812. The molecule has 1 aromatic rings. The van der Waals surface area contributed by atoms with Crippen LogP contribution in [0.5, 0.6) is 0 Å². The van der Waals surface area contributed by atoms with E-state index in [1.807, 2.05) is 12.1 Å². The fourth-order valence-electron chi connectivity index (χ4n) is 2.97. The number of carbonyl (C=O) groups excluding carboxylic acids is 1. The summed E-state index contributed by atoms with van der Waals surface area (Å²) in [7, 11) is 0. The van der Waals surface area contributed by atoms with Crippen LogP contribution in [0.1, 0.15) is 46.1 Å². The van der Waals surface area contributed by atoms with Crippen LogP contribution >= 0.6 is 0 Å². The molecule has 0 aliphatic heterocycles. The van der Waals surface area contributed by atoms with Crippen molar-refractivity contribution in [2.75, 3.05) is 0 Å². The fourth-order valence-corrected chi connectivity index (χ4v) is 2.97. The summed E-state index contributed by atoms with van der Waals surface area (Å²) in [5.74, 6) is 0. The van der Waals surface area contributed by atoms with Crippen LogP contribution in [-0.4, -0.2) is 22.4 Å². The summed E-state index contributed by atoms with van der Waals surface area (Å²) < 4.78 is 5.32. The van der Waals surface area contributed by atoms with Gasteiger partial charge in [-0.25, -0.2) is 9.64 Å². The Morgan fingerprint density at radius 1 is 1.32 bits per heavy atom. The third-order valence-electron chi connectivity index (χ3n) is 3.65. The van der Waals surface area contributed by atoms with Gasteiger partial charge in [-0.3, -0.25) is 0 Å². The number of nitrogens with zero attached hydrogens (tertiary/aromatic N) is 1. The summed E-state index contributed by atoms with van der Waals surface area (Å²) in [6, 6.07) is 7.07. The summed E-state index contributed by atoms with van der Waals surface area (Å²) in [5.41, 5.74) is -0.620. The Balaban J connectivity index is 2.22. The molecule has 1 saturated carbocycles. The molecule has 1 aliphatic rings. The van der Waals surface area contributed by atoms with Crippen molar-refractivity contribution in [3.63, 3.8) is 0 Å². The lowest BCUT2D eigenvalue weighted by Gasteiger charge is -2.52. The molecule has 5 nitrogen and oxygen atoms in total. The van der Waals surface area contributed by atoms with E-state index in [9.17, 15) is 9.90 Å². The number of alkyl carbamates (subject to hydrolysis) is 1. The summed E-state index contributed by atoms with van der Waals surface area (Å²) in [6.45, 7) is 14.2. The highest BCUT2D eigenvalue weighted by molar-refractivity contribution is 5.70. The first kappa shape index (κ1) is 16.3. The second-order valence-corrected chi connectivity index (χ2v) is 7.22. The van der Waals surface area contributed by atoms with Crippen LogP contribution in [0.3, 0.4) is 0 Å². The van der Waals surface area contributed by atoms with Crippen molar-refractivity contribution in [1.29, 1.82) is 0 Å². The van der Waals surface area contributed by atoms with Gasteiger partial charge in [-0.15, -0.1) is 0 Å². The van der Waals surface area contributed by atoms with Gasteiger partial charge in [-0.1, -0.05) is 24.3 Å². The Hall–Kier alpha value is -2.06. The number of amides is 1. The van der Waals surface area contributed by atoms with Crippen LogP contribution in [-0.2, 0) is 10.3 Å². The van der Waals surface area contributed by atoms with Crippen LogP contribution in [0.2, 0.25) is 0 Å². The molecule has 118 valence electrons. The van der Waals surface area contributed by atoms with Crippen LogP contribution < -0.4 is 5.32 Å². The van der Waals surface area contributed by atoms with Gasteiger partial charge in [-0.05, 0) is 33.3 Å². The first-order chi connectivity index (χ1) is 10.1. The number of hydrogen-bond acceptors (Lipinski definition) is 3. The van der Waals surface area contributed by atoms with Gasteiger partial charge in [0.05, 0.1) is 17.7 Å². The molecule has 0 atom stereocenters. The molecule has 0 aromatic heterocycles. The number of nitrogens with one attached hydrogen (secondary N) is 1. The van der Waals surface area contributed by atoms with E-state index in [2.05, 4.69) is 10.2 Å². The zero-order valence-electron chi connectivity index (χ0n) is 13.4. The molecule has 2 N–H and O–H groups in total. The minimum absolute atomic E-state index is 0.413. The van der Waals surface area contributed by atoms with Gasteiger partial charge in [0.15, 0.2) is 5.69 Å². The molecule has 22 heavy (non-hydrogen) atoms. The minimum Gasteiger partial charge on any atom is -0.444 e. The maximum atomic E-state index is 12.1. The zero-order valence-corrected chi connectivity index (χ0v) is 13.4. The van der Waals surface area contributed by atoms with Gasteiger partial charge in [0.1, 0.15) is 5.60 Å². The van der Waals surface area contributed by atoms with E-state index in [-0.39, 0.29) is 0 Å². The molecule has 0 heterocycles. The van der Waals surface area contributed by atoms with Crippen molar-refractivity contribution >= 4 is 11.8 Å². The van der Waals surface area contributed by atoms with Gasteiger partial charge in [-0.2, -0.15) is 0 Å². The Morgan fingerprint density at radius 2 is 1.86 bits per heavy atom. The Labute approximate surface area is 131 Å². The number of rotatable bonds is 2. The predicted molar refractivity (Wildman–Crippen MR) is 83.6 cm³/mol. The summed E-state index contributed by atoms with van der Waals surface area (Å²) in [4.78, 5) is 15.5. The maximum Gasteiger partial charge on any atom is 0.408 e. The van der Waals surface area contributed by atoms with E-state index in [0.29, 0.717) is 18.5 Å². The summed E-state index contributed by atoms with van der Waals surface area (Å²) in [6.07, 6.45) is 0.324. The summed E-state index contributed by atoms with van der Waals surface area (Å²) in [5, 5.41) is 13.0. The first-order valence-corrected chi connectivity index (χ1v) is 7.27. The highest BCUT2D eigenvalue weighted by Gasteiger charge is 2.53. The number of hydrogen-bond donors (Lipinski definition) is 2. The van der Waals surface area contributed by atoms with Crippen LogP contribution in [0, 0.1) is 6.57 Å². The number of benzene rings is 1. The Kier molecular flexibility index (Phi) is 3.92. The lowest BCUT2D eigenvalue weighted by Crippen LogP contribution is -2.62. The van der Waals surface area contributed by atoms with E-state index in [1.165, 1.54) is 0 Å². The lowest BCUT2D eigenvalue weighted by molar-refractivity contribution is -0.0891. The van der Waals surface area contributed by atoms with Crippen molar-refractivity contribution in [1.82, 2.24) is 5.32 Å². The van der Waals surface area contributed by atoms with E-state index >= 15 is 0 Å². The normalized spacial score (nSPS) is 27.5. The second kappa shape index (κ2) is 5.29. The lowest BCUT2D eigenvalue weighted by atomic mass is 9.62. The molecular weight excluding hydrogens is 280 g/mol. The molecule has 0 saturated heterocycles. The Morgan fingerprint density at radius 3 is 2.27 bits per heavy atom. The van der Waals surface area contributed by atoms with Crippen molar-refractivity contribution in [3.05, 3.63) is 41.2 Å². The van der Waals surface area contributed by atoms with E-state index < -0.39 is 22.8 Å². The average molecular weight is 302 g/mol. The predicted octanol–water partition coefficient (Wildman–Crippen LogP) is 3.50. The highest BCUT2D eigenvalue weighted by Crippen LogP contribution is 2.48. The smallest absolute Gasteiger partial charge is 0.408 e. The van der Waals surface area contributed by atoms with Crippen LogP contribution in [0.25, 0.3) is 4.85 Å². The zero-order chi connectivity index (χ0) is 16.6. The summed E-state index contributed by atoms with van der Waals surface area (Å²) >= 11 is 0. The van der Waals surface area contributed by atoms with Crippen molar-refractivity contribution in [2.45, 2.75) is 57.3 Å². The van der Waals surface area contributed by atoms with E-state index in [4.69, 9.17) is 11.3 Å². The van der Waals surface area contributed by atoms with Gasteiger partial charge < -0.3 is 15.2 Å². The molecule has 1 fully saturated rings. The molecule has 2 rings (SSSR count). The standard InChI is InChI=1S/C17H22N2O3/c1-15(2,3)22-14(20)19-17(10-16(4,21)11-17)12-6-8-13(18-5)9-7-12/h6-9,21H,10-11H2,1-4H3,(H,19,20). The number of aliphatic hydroxyl groups is 1. The van der Waals surface area contributed by atoms with Gasteiger partial charge in [0.2, 0.25) is 0 Å². The quantitative estimate of drug-likeness (QED) is 0.822. The SMILES string of the molecule is [C-]#[N+]c1ccc(C2(NC(=O)OC(C)(C)C)CC(C)(O)C2)cc1. The van der Waals surface area contributed by atoms with Gasteiger partial charge in [0.25, 0.3) is 0 Å². The molecule has 0 radical (unpaired) electrons. The fraction of sp³-hybridized carbons (Fsp3) is 0.529. The van der Waals surface area contributed by atoms with Crippen molar-refractivity contribution < 1.29 is 14.6 Å². The number of carbonyl (C=O) groups is 1. The molecule has 0 bridgehead atoms. The van der Waals surface area contributed by atoms with Gasteiger partial charge >= 0.3 is 6.09 Å². The second-order valence-electron chi connectivity index (χ2n) is 7.22. The largest absolute Gasteiger partial charge is 0.444 e. The number of ether oxygens (including phenoxy) is 1. The molecule has 1 aliphatic carbocycles. The molecule has 0 spiro atoms. The highest BCUT2D eigenvalue weighted by atomic mass is 16.6. The molecule has 1 amide bonds. The first-order valence-electron chi connectivity index (χ1n) is 7.27. The van der Waals surface area contributed by atoms with Gasteiger partial charge in [0, 0.05) is 12.8 Å². The maximum absolute atomic E-state index is 12.1. The van der Waals surface area contributed by atoms with Crippen molar-refractivity contribution in [2.24, 2.45) is 0 Å². The topological polar surface area (TPSA) is 62.9 Å². The van der Waals surface area contributed by atoms with Crippen LogP contribution in [0.15, 0.2) is 24.3 Å². The molecule has 0 unspecified atom stereocenters. The molecule has 5 heteroatoms. The monoisotopic (exact) mass is 302 g/mol. The van der Waals surface area contributed by atoms with Crippen molar-refractivity contribution in [3.8, 4) is 0 Å². The third-order valence-corrected chi connectivity index (χ3v) is 3.65. The molecule has 1 aromatic carbocycles.